The maximum Gasteiger partial charge on any atom is 0.338 e. The number of rotatable bonds is 6. The molecule has 2 heterocycles. The van der Waals surface area contributed by atoms with E-state index in [1.54, 1.807) is 48.9 Å². The first-order chi connectivity index (χ1) is 13.4. The highest BCUT2D eigenvalue weighted by Crippen LogP contribution is 2.14. The molecule has 0 fully saturated rings. The average molecular weight is 383 g/mol. The minimum Gasteiger partial charge on any atom is -0.467 e. The number of hydrogen-bond donors (Lipinski definition) is 0. The van der Waals surface area contributed by atoms with Crippen LogP contribution in [-0.2, 0) is 22.6 Å². The fourth-order valence-electron chi connectivity index (χ4n) is 2.86. The fraction of sp³-hybridized carbons (Fsp3) is 0.300. The second-order valence-corrected chi connectivity index (χ2v) is 6.36. The lowest BCUT2D eigenvalue weighted by Crippen LogP contribution is -2.30. The second-order valence-electron chi connectivity index (χ2n) is 6.36. The molecule has 0 spiro atoms. The van der Waals surface area contributed by atoms with Gasteiger partial charge >= 0.3 is 5.97 Å². The summed E-state index contributed by atoms with van der Waals surface area (Å²) in [5.41, 5.74) is 1.63. The zero-order valence-electron chi connectivity index (χ0n) is 16.0. The SMILES string of the molecule is CCn1c(=O)c(C)nc2cc(C(=O)OCC(=O)N(C)Cc3ccco3)ccc21. The molecule has 8 heteroatoms. The van der Waals surface area contributed by atoms with Crippen LogP contribution in [0.15, 0.2) is 45.8 Å². The van der Waals surface area contributed by atoms with Crippen molar-refractivity contribution in [3.63, 3.8) is 0 Å². The molecule has 3 aromatic rings. The highest BCUT2D eigenvalue weighted by molar-refractivity contribution is 5.94. The van der Waals surface area contributed by atoms with E-state index in [-0.39, 0.29) is 30.2 Å². The lowest BCUT2D eigenvalue weighted by molar-refractivity contribution is -0.133. The van der Waals surface area contributed by atoms with Gasteiger partial charge in [-0.25, -0.2) is 9.78 Å². The summed E-state index contributed by atoms with van der Waals surface area (Å²) in [6, 6.07) is 8.28. The summed E-state index contributed by atoms with van der Waals surface area (Å²) in [5, 5.41) is 0. The van der Waals surface area contributed by atoms with E-state index in [1.807, 2.05) is 6.92 Å². The average Bonchev–Trinajstić information content (AvgIpc) is 3.19. The van der Waals surface area contributed by atoms with Crippen molar-refractivity contribution in [3.05, 3.63) is 64.0 Å². The molecule has 1 amide bonds. The Hall–Kier alpha value is -3.42. The van der Waals surface area contributed by atoms with Gasteiger partial charge < -0.3 is 18.6 Å². The number of likely N-dealkylation sites (N-methyl/N-ethyl adjacent to an activating group) is 1. The van der Waals surface area contributed by atoms with Gasteiger partial charge in [-0.05, 0) is 44.2 Å². The van der Waals surface area contributed by atoms with Crippen LogP contribution in [0.3, 0.4) is 0 Å². The third-order valence-corrected chi connectivity index (χ3v) is 4.39. The number of fused-ring (bicyclic) bond motifs is 1. The van der Waals surface area contributed by atoms with E-state index >= 15 is 0 Å². The van der Waals surface area contributed by atoms with Gasteiger partial charge in [-0.3, -0.25) is 9.59 Å². The number of aromatic nitrogens is 2. The summed E-state index contributed by atoms with van der Waals surface area (Å²) >= 11 is 0. The molecule has 0 aliphatic carbocycles. The molecule has 0 aliphatic heterocycles. The molecule has 0 N–H and O–H groups in total. The van der Waals surface area contributed by atoms with E-state index in [0.717, 1.165) is 0 Å². The van der Waals surface area contributed by atoms with E-state index in [4.69, 9.17) is 9.15 Å². The Morgan fingerprint density at radius 2 is 2.07 bits per heavy atom. The monoisotopic (exact) mass is 383 g/mol. The van der Waals surface area contributed by atoms with E-state index in [1.165, 1.54) is 11.2 Å². The van der Waals surface area contributed by atoms with Crippen LogP contribution in [0.2, 0.25) is 0 Å². The van der Waals surface area contributed by atoms with Crippen LogP contribution in [0.25, 0.3) is 11.0 Å². The zero-order valence-corrected chi connectivity index (χ0v) is 16.0. The molecular weight excluding hydrogens is 362 g/mol. The summed E-state index contributed by atoms with van der Waals surface area (Å²) in [5.74, 6) is -0.338. The molecule has 8 nitrogen and oxygen atoms in total. The van der Waals surface area contributed by atoms with Crippen molar-refractivity contribution < 1.29 is 18.7 Å². The molecule has 0 saturated heterocycles. The van der Waals surface area contributed by atoms with Crippen LogP contribution in [0, 0.1) is 6.92 Å². The van der Waals surface area contributed by atoms with Gasteiger partial charge in [-0.1, -0.05) is 0 Å². The molecule has 1 aromatic carbocycles. The number of hydrogen-bond acceptors (Lipinski definition) is 6. The van der Waals surface area contributed by atoms with Crippen molar-refractivity contribution >= 4 is 22.9 Å². The Kier molecular flexibility index (Phi) is 5.58. The topological polar surface area (TPSA) is 94.6 Å². The summed E-state index contributed by atoms with van der Waals surface area (Å²) in [7, 11) is 1.60. The lowest BCUT2D eigenvalue weighted by Gasteiger charge is -2.15. The summed E-state index contributed by atoms with van der Waals surface area (Å²) < 4.78 is 11.9. The van der Waals surface area contributed by atoms with Crippen LogP contribution < -0.4 is 5.56 Å². The van der Waals surface area contributed by atoms with Crippen LogP contribution >= 0.6 is 0 Å². The first-order valence-electron chi connectivity index (χ1n) is 8.85. The summed E-state index contributed by atoms with van der Waals surface area (Å²) in [6.07, 6.45) is 1.53. The minimum atomic E-state index is -0.629. The second kappa shape index (κ2) is 8.08. The molecule has 0 atom stereocenters. The standard InChI is InChI=1S/C20H21N3O5/c1-4-23-17-8-7-14(10-16(17)21-13(2)19(23)25)20(26)28-12-18(24)22(3)11-15-6-5-9-27-15/h5-10H,4,11-12H2,1-3H3. The molecule has 0 unspecified atom stereocenters. The minimum absolute atomic E-state index is 0.157. The van der Waals surface area contributed by atoms with Crippen molar-refractivity contribution in [1.29, 1.82) is 0 Å². The van der Waals surface area contributed by atoms with Gasteiger partial charge in [0.05, 0.1) is 29.4 Å². The van der Waals surface area contributed by atoms with Gasteiger partial charge in [-0.15, -0.1) is 0 Å². The van der Waals surface area contributed by atoms with Crippen molar-refractivity contribution in [3.8, 4) is 0 Å². The maximum absolute atomic E-state index is 12.3. The smallest absolute Gasteiger partial charge is 0.338 e. The summed E-state index contributed by atoms with van der Waals surface area (Å²) in [4.78, 5) is 42.3. The fourth-order valence-corrected chi connectivity index (χ4v) is 2.86. The quantitative estimate of drug-likeness (QED) is 0.605. The number of carbonyl (C=O) groups excluding carboxylic acids is 2. The van der Waals surface area contributed by atoms with Crippen molar-refractivity contribution in [2.24, 2.45) is 0 Å². The Balaban J connectivity index is 1.70. The number of carbonyl (C=O) groups is 2. The number of nitrogens with zero attached hydrogens (tertiary/aromatic N) is 3. The van der Waals surface area contributed by atoms with E-state index < -0.39 is 5.97 Å². The highest BCUT2D eigenvalue weighted by atomic mass is 16.5. The lowest BCUT2D eigenvalue weighted by atomic mass is 10.2. The summed E-state index contributed by atoms with van der Waals surface area (Å²) in [6.45, 7) is 3.91. The third-order valence-electron chi connectivity index (χ3n) is 4.39. The first kappa shape index (κ1) is 19.3. The van der Waals surface area contributed by atoms with Crippen molar-refractivity contribution in [2.75, 3.05) is 13.7 Å². The Bertz CT molecular complexity index is 1070. The zero-order chi connectivity index (χ0) is 20.3. The predicted octanol–water partition coefficient (Wildman–Crippen LogP) is 2.13. The van der Waals surface area contributed by atoms with Gasteiger partial charge in [0.1, 0.15) is 11.5 Å². The Labute approximate surface area is 161 Å². The number of benzene rings is 1. The molecule has 28 heavy (non-hydrogen) atoms. The van der Waals surface area contributed by atoms with Crippen LogP contribution in [-0.4, -0.2) is 40.0 Å². The van der Waals surface area contributed by atoms with Gasteiger partial charge in [0, 0.05) is 13.6 Å². The molecule has 2 aromatic heterocycles. The van der Waals surface area contributed by atoms with Crippen molar-refractivity contribution in [1.82, 2.24) is 14.5 Å². The van der Waals surface area contributed by atoms with Gasteiger partial charge in [0.15, 0.2) is 6.61 Å². The predicted molar refractivity (Wildman–Crippen MR) is 102 cm³/mol. The number of ether oxygens (including phenoxy) is 1. The van der Waals surface area contributed by atoms with Gasteiger partial charge in [0.25, 0.3) is 11.5 Å². The molecule has 0 aliphatic rings. The van der Waals surface area contributed by atoms with Gasteiger partial charge in [0.2, 0.25) is 0 Å². The Morgan fingerprint density at radius 1 is 1.29 bits per heavy atom. The molecular formula is C20H21N3O5. The van der Waals surface area contributed by atoms with E-state index in [2.05, 4.69) is 4.98 Å². The first-order valence-corrected chi connectivity index (χ1v) is 8.85. The van der Waals surface area contributed by atoms with Crippen LogP contribution in [0.5, 0.6) is 0 Å². The normalized spacial score (nSPS) is 10.8. The highest BCUT2D eigenvalue weighted by Gasteiger charge is 2.16. The third kappa shape index (κ3) is 3.95. The molecule has 0 bridgehead atoms. The largest absolute Gasteiger partial charge is 0.467 e. The number of esters is 1. The number of furan rings is 1. The van der Waals surface area contributed by atoms with Crippen LogP contribution in [0.1, 0.15) is 28.7 Å². The molecule has 3 rings (SSSR count). The van der Waals surface area contributed by atoms with Crippen molar-refractivity contribution in [2.45, 2.75) is 26.9 Å². The van der Waals surface area contributed by atoms with E-state index in [9.17, 15) is 14.4 Å². The molecule has 0 radical (unpaired) electrons. The Morgan fingerprint density at radius 3 is 2.75 bits per heavy atom. The number of amides is 1. The van der Waals surface area contributed by atoms with E-state index in [0.29, 0.717) is 29.0 Å². The number of aryl methyl sites for hydroxylation is 2. The maximum atomic E-state index is 12.3. The van der Waals surface area contributed by atoms with Gasteiger partial charge in [-0.2, -0.15) is 0 Å². The molecule has 146 valence electrons. The van der Waals surface area contributed by atoms with Crippen LogP contribution in [0.4, 0.5) is 0 Å². The molecule has 0 saturated carbocycles.